The molecule has 208 valence electrons. The first kappa shape index (κ1) is 30.6. The van der Waals surface area contributed by atoms with E-state index >= 15 is 0 Å². The van der Waals surface area contributed by atoms with Gasteiger partial charge in [0.15, 0.2) is 0 Å². The Balaban J connectivity index is 2.04. The number of carbonyl (C=O) groups is 2. The highest BCUT2D eigenvalue weighted by Crippen LogP contribution is 2.28. The van der Waals surface area contributed by atoms with Crippen molar-refractivity contribution in [3.63, 3.8) is 0 Å². The second-order valence-electron chi connectivity index (χ2n) is 8.51. The number of nitrogens with one attached hydrogen (secondary N) is 1. The van der Waals surface area contributed by atoms with Gasteiger partial charge in [0.2, 0.25) is 11.8 Å². The molecule has 0 spiro atoms. The van der Waals surface area contributed by atoms with E-state index in [1.807, 2.05) is 0 Å². The highest BCUT2D eigenvalue weighted by molar-refractivity contribution is 7.92. The summed E-state index contributed by atoms with van der Waals surface area (Å²) in [6.45, 7) is 3.08. The van der Waals surface area contributed by atoms with Crippen LogP contribution in [0.4, 0.5) is 5.69 Å². The van der Waals surface area contributed by atoms with Gasteiger partial charge >= 0.3 is 0 Å². The number of ether oxygens (including phenoxy) is 1. The molecule has 8 nitrogen and oxygen atoms in total. The van der Waals surface area contributed by atoms with Gasteiger partial charge in [-0.2, -0.15) is 0 Å². The second kappa shape index (κ2) is 13.4. The van der Waals surface area contributed by atoms with Crippen molar-refractivity contribution in [1.29, 1.82) is 0 Å². The molecular weight excluding hydrogens is 585 g/mol. The van der Waals surface area contributed by atoms with E-state index in [9.17, 15) is 18.0 Å². The average molecular weight is 613 g/mol. The Bertz CT molecular complexity index is 1430. The lowest BCUT2D eigenvalue weighted by Gasteiger charge is -2.32. The molecule has 0 aliphatic heterocycles. The normalized spacial score (nSPS) is 11.9. The van der Waals surface area contributed by atoms with Crippen molar-refractivity contribution in [2.24, 2.45) is 0 Å². The summed E-state index contributed by atoms with van der Waals surface area (Å²) in [5.41, 5.74) is 0.799. The van der Waals surface area contributed by atoms with E-state index in [0.717, 1.165) is 4.31 Å². The molecule has 0 bridgehead atoms. The van der Waals surface area contributed by atoms with E-state index in [1.165, 1.54) is 48.4 Å². The summed E-state index contributed by atoms with van der Waals surface area (Å²) < 4.78 is 33.7. The maximum Gasteiger partial charge on any atom is 0.264 e. The Morgan fingerprint density at radius 1 is 0.974 bits per heavy atom. The van der Waals surface area contributed by atoms with Gasteiger partial charge in [-0.15, -0.1) is 0 Å². The van der Waals surface area contributed by atoms with E-state index in [2.05, 4.69) is 5.32 Å². The molecular formula is C27H28Cl3N3O5S. The largest absolute Gasteiger partial charge is 0.497 e. The van der Waals surface area contributed by atoms with Crippen LogP contribution in [0.25, 0.3) is 0 Å². The molecule has 1 unspecified atom stereocenters. The van der Waals surface area contributed by atoms with Gasteiger partial charge in [-0.1, -0.05) is 46.9 Å². The molecule has 0 aromatic heterocycles. The molecule has 3 rings (SSSR count). The predicted molar refractivity (Wildman–Crippen MR) is 154 cm³/mol. The number of benzene rings is 3. The maximum absolute atomic E-state index is 13.8. The van der Waals surface area contributed by atoms with Gasteiger partial charge in [-0.25, -0.2) is 8.42 Å². The highest BCUT2D eigenvalue weighted by Gasteiger charge is 2.32. The molecule has 3 aromatic carbocycles. The molecule has 1 atom stereocenters. The number of methoxy groups -OCH3 is 1. The van der Waals surface area contributed by atoms with Crippen LogP contribution >= 0.6 is 34.8 Å². The quantitative estimate of drug-likeness (QED) is 0.313. The lowest BCUT2D eigenvalue weighted by Crippen LogP contribution is -2.51. The van der Waals surface area contributed by atoms with E-state index in [1.54, 1.807) is 44.2 Å². The third-order valence-electron chi connectivity index (χ3n) is 5.88. The zero-order chi connectivity index (χ0) is 28.7. The third-order valence-corrected chi connectivity index (χ3v) is 8.64. The number of likely N-dealkylation sites (N-methyl/N-ethyl adjacent to an activating group) is 1. The topological polar surface area (TPSA) is 96.0 Å². The first-order chi connectivity index (χ1) is 18.5. The van der Waals surface area contributed by atoms with E-state index in [-0.39, 0.29) is 22.2 Å². The summed E-state index contributed by atoms with van der Waals surface area (Å²) in [7, 11) is -2.76. The van der Waals surface area contributed by atoms with Crippen LogP contribution < -0.4 is 14.4 Å². The highest BCUT2D eigenvalue weighted by atomic mass is 35.5. The van der Waals surface area contributed by atoms with Crippen molar-refractivity contribution in [2.45, 2.75) is 31.3 Å². The monoisotopic (exact) mass is 611 g/mol. The summed E-state index contributed by atoms with van der Waals surface area (Å²) in [5.74, 6) is -0.530. The molecule has 0 aliphatic rings. The fourth-order valence-electron chi connectivity index (χ4n) is 3.77. The number of amides is 2. The van der Waals surface area contributed by atoms with Crippen molar-refractivity contribution in [2.75, 3.05) is 24.5 Å². The number of sulfonamides is 1. The van der Waals surface area contributed by atoms with E-state index in [4.69, 9.17) is 39.5 Å². The van der Waals surface area contributed by atoms with Crippen molar-refractivity contribution in [3.05, 3.63) is 87.4 Å². The Labute approximate surface area is 243 Å². The first-order valence-electron chi connectivity index (χ1n) is 11.9. The van der Waals surface area contributed by atoms with Gasteiger partial charge in [0.1, 0.15) is 18.3 Å². The van der Waals surface area contributed by atoms with Crippen LogP contribution in [0.2, 0.25) is 15.1 Å². The summed E-state index contributed by atoms with van der Waals surface area (Å²) in [6.07, 6.45) is 0. The zero-order valence-corrected chi connectivity index (χ0v) is 24.6. The number of anilines is 1. The van der Waals surface area contributed by atoms with Gasteiger partial charge in [0.05, 0.1) is 27.7 Å². The molecule has 12 heteroatoms. The summed E-state index contributed by atoms with van der Waals surface area (Å²) in [4.78, 5) is 27.8. The van der Waals surface area contributed by atoms with E-state index < -0.39 is 34.4 Å². The van der Waals surface area contributed by atoms with Crippen LogP contribution in [0, 0.1) is 0 Å². The summed E-state index contributed by atoms with van der Waals surface area (Å²) >= 11 is 18.4. The minimum Gasteiger partial charge on any atom is -0.497 e. The third kappa shape index (κ3) is 7.57. The smallest absolute Gasteiger partial charge is 0.264 e. The maximum atomic E-state index is 13.8. The molecule has 0 saturated carbocycles. The first-order valence-corrected chi connectivity index (χ1v) is 14.5. The molecule has 0 saturated heterocycles. The summed E-state index contributed by atoms with van der Waals surface area (Å²) in [5, 5.41) is 3.62. The lowest BCUT2D eigenvalue weighted by molar-refractivity contribution is -0.139. The van der Waals surface area contributed by atoms with Crippen LogP contribution in [0.5, 0.6) is 5.75 Å². The molecule has 0 fully saturated rings. The average Bonchev–Trinajstić information content (AvgIpc) is 2.91. The standard InChI is InChI=1S/C27H28Cl3N3O5S/c1-4-31-27(35)18(2)32(16-19-8-13-24(29)25(30)14-19)26(34)17-33(21-7-5-6-20(28)15-21)39(36,37)23-11-9-22(38-3)10-12-23/h5-15,18H,4,16-17H2,1-3H3,(H,31,35). The van der Waals surface area contributed by atoms with Gasteiger partial charge in [-0.05, 0) is 74.0 Å². The molecule has 0 heterocycles. The van der Waals surface area contributed by atoms with Crippen molar-refractivity contribution in [3.8, 4) is 5.75 Å². The predicted octanol–water partition coefficient (Wildman–Crippen LogP) is 5.40. The zero-order valence-electron chi connectivity index (χ0n) is 21.5. The number of hydrogen-bond acceptors (Lipinski definition) is 5. The van der Waals surface area contributed by atoms with Crippen molar-refractivity contribution >= 4 is 62.3 Å². The lowest BCUT2D eigenvalue weighted by atomic mass is 10.1. The van der Waals surface area contributed by atoms with Gasteiger partial charge in [-0.3, -0.25) is 13.9 Å². The Kier molecular flexibility index (Phi) is 10.5. The van der Waals surface area contributed by atoms with Crippen LogP contribution in [0.3, 0.4) is 0 Å². The summed E-state index contributed by atoms with van der Waals surface area (Å²) in [6, 6.07) is 15.9. The fraction of sp³-hybridized carbons (Fsp3) is 0.259. The van der Waals surface area contributed by atoms with E-state index in [0.29, 0.717) is 27.9 Å². The van der Waals surface area contributed by atoms with Crippen molar-refractivity contribution < 1.29 is 22.7 Å². The number of halogens is 3. The Hall–Kier alpha value is -2.98. The molecule has 0 radical (unpaired) electrons. The van der Waals surface area contributed by atoms with Crippen LogP contribution in [0.1, 0.15) is 19.4 Å². The van der Waals surface area contributed by atoms with Gasteiger partial charge in [0.25, 0.3) is 10.0 Å². The number of rotatable bonds is 11. The molecule has 0 aliphatic carbocycles. The van der Waals surface area contributed by atoms with Crippen molar-refractivity contribution in [1.82, 2.24) is 10.2 Å². The Morgan fingerprint density at radius 2 is 1.67 bits per heavy atom. The van der Waals surface area contributed by atoms with Crippen LogP contribution in [0.15, 0.2) is 71.6 Å². The minimum absolute atomic E-state index is 0.0139. The number of nitrogens with zero attached hydrogens (tertiary/aromatic N) is 2. The number of carbonyl (C=O) groups excluding carboxylic acids is 2. The van der Waals surface area contributed by atoms with Gasteiger partial charge in [0, 0.05) is 18.1 Å². The van der Waals surface area contributed by atoms with Gasteiger partial charge < -0.3 is 15.0 Å². The fourth-order valence-corrected chi connectivity index (χ4v) is 5.69. The minimum atomic E-state index is -4.23. The molecule has 2 amide bonds. The van der Waals surface area contributed by atoms with Crippen LogP contribution in [-0.4, -0.2) is 51.4 Å². The SMILES string of the molecule is CCNC(=O)C(C)N(Cc1ccc(Cl)c(Cl)c1)C(=O)CN(c1cccc(Cl)c1)S(=O)(=O)c1ccc(OC)cc1. The second-order valence-corrected chi connectivity index (χ2v) is 11.6. The number of hydrogen-bond donors (Lipinski definition) is 1. The molecule has 3 aromatic rings. The molecule has 39 heavy (non-hydrogen) atoms. The Morgan fingerprint density at radius 3 is 2.26 bits per heavy atom. The molecule has 1 N–H and O–H groups in total. The van der Waals surface area contributed by atoms with Crippen LogP contribution in [-0.2, 0) is 26.2 Å².